The third-order valence-electron chi connectivity index (χ3n) is 4.43. The van der Waals surface area contributed by atoms with Gasteiger partial charge in [0.25, 0.3) is 0 Å². The van der Waals surface area contributed by atoms with Gasteiger partial charge in [0.05, 0.1) is 18.7 Å². The molecule has 1 aromatic rings. The molecule has 4 atom stereocenters. The van der Waals surface area contributed by atoms with E-state index in [-0.39, 0.29) is 19.3 Å². The number of amides is 4. The van der Waals surface area contributed by atoms with Gasteiger partial charge in [-0.2, -0.15) is 0 Å². The summed E-state index contributed by atoms with van der Waals surface area (Å²) in [7, 11) is 0. The van der Waals surface area contributed by atoms with E-state index in [1.54, 1.807) is 24.3 Å². The maximum atomic E-state index is 12.4. The Morgan fingerprint density at radius 2 is 1.66 bits per heavy atom. The maximum Gasteiger partial charge on any atom is 0.326 e. The van der Waals surface area contributed by atoms with E-state index in [4.69, 9.17) is 16.6 Å². The molecule has 0 heterocycles. The van der Waals surface area contributed by atoms with Gasteiger partial charge in [0.2, 0.25) is 23.6 Å². The number of nitrogens with one attached hydrogen (secondary N) is 3. The van der Waals surface area contributed by atoms with Crippen molar-refractivity contribution < 1.29 is 34.2 Å². The molecule has 176 valence electrons. The zero-order chi connectivity index (χ0) is 24.3. The van der Waals surface area contributed by atoms with E-state index in [1.165, 1.54) is 6.92 Å². The van der Waals surface area contributed by atoms with Gasteiger partial charge in [-0.05, 0) is 25.3 Å². The molecule has 1 aromatic carbocycles. The number of benzene rings is 1. The van der Waals surface area contributed by atoms with Gasteiger partial charge in [0, 0.05) is 6.42 Å². The summed E-state index contributed by atoms with van der Waals surface area (Å²) in [4.78, 5) is 58.7. The number of carbonyl (C=O) groups excluding carboxylic acids is 4. The Labute approximate surface area is 184 Å². The van der Waals surface area contributed by atoms with E-state index in [2.05, 4.69) is 16.0 Å². The molecule has 0 aliphatic carbocycles. The van der Waals surface area contributed by atoms with Gasteiger partial charge in [-0.25, -0.2) is 4.79 Å². The number of rotatable bonds is 13. The molecule has 4 amide bonds. The zero-order valence-electron chi connectivity index (χ0n) is 17.6. The summed E-state index contributed by atoms with van der Waals surface area (Å²) in [6, 6.07) is 5.21. The fourth-order valence-electron chi connectivity index (χ4n) is 2.69. The standard InChI is InChI=1S/C20H29N5O7/c1-11(26)17(19(30)24-14(20(31)32)7-8-15(22)27)25-16(28)10-23-18(29)13(21)9-12-5-3-2-4-6-12/h2-6,11,13-14,17,26H,7-10,21H2,1H3,(H2,22,27)(H,23,29)(H,24,30)(H,25,28)(H,31,32). The molecule has 0 fully saturated rings. The number of carbonyl (C=O) groups is 5. The fraction of sp³-hybridized carbons (Fsp3) is 0.450. The first-order valence-electron chi connectivity index (χ1n) is 9.87. The van der Waals surface area contributed by atoms with Crippen molar-refractivity contribution in [1.82, 2.24) is 16.0 Å². The van der Waals surface area contributed by atoms with Gasteiger partial charge < -0.3 is 37.6 Å². The number of hydrogen-bond donors (Lipinski definition) is 7. The topological polar surface area (TPSA) is 214 Å². The first-order chi connectivity index (χ1) is 15.0. The van der Waals surface area contributed by atoms with Crippen molar-refractivity contribution in [2.24, 2.45) is 11.5 Å². The minimum Gasteiger partial charge on any atom is -0.480 e. The second-order valence-electron chi connectivity index (χ2n) is 7.20. The van der Waals surface area contributed by atoms with Crippen LogP contribution in [0, 0.1) is 0 Å². The second-order valence-corrected chi connectivity index (χ2v) is 7.20. The normalized spacial score (nSPS) is 14.3. The van der Waals surface area contributed by atoms with Gasteiger partial charge >= 0.3 is 5.97 Å². The summed E-state index contributed by atoms with van der Waals surface area (Å²) in [5, 5.41) is 25.7. The highest BCUT2D eigenvalue weighted by atomic mass is 16.4. The van der Waals surface area contributed by atoms with Crippen LogP contribution >= 0.6 is 0 Å². The number of carboxylic acids is 1. The minimum absolute atomic E-state index is 0.258. The van der Waals surface area contributed by atoms with Crippen LogP contribution in [0.3, 0.4) is 0 Å². The number of carboxylic acid groups (broad SMARTS) is 1. The van der Waals surface area contributed by atoms with Crippen molar-refractivity contribution in [3.05, 3.63) is 35.9 Å². The monoisotopic (exact) mass is 451 g/mol. The maximum absolute atomic E-state index is 12.4. The smallest absolute Gasteiger partial charge is 0.326 e. The first-order valence-corrected chi connectivity index (χ1v) is 9.87. The Morgan fingerprint density at radius 3 is 2.19 bits per heavy atom. The largest absolute Gasteiger partial charge is 0.480 e. The molecule has 0 radical (unpaired) electrons. The number of aliphatic carboxylic acids is 1. The highest BCUT2D eigenvalue weighted by Crippen LogP contribution is 2.02. The van der Waals surface area contributed by atoms with E-state index in [1.807, 2.05) is 6.07 Å². The van der Waals surface area contributed by atoms with Crippen LogP contribution in [0.1, 0.15) is 25.3 Å². The SMILES string of the molecule is CC(O)C(NC(=O)CNC(=O)C(N)Cc1ccccc1)C(=O)NC(CCC(N)=O)C(=O)O. The molecular formula is C20H29N5O7. The predicted molar refractivity (Wildman–Crippen MR) is 113 cm³/mol. The second kappa shape index (κ2) is 13.0. The molecule has 0 saturated carbocycles. The summed E-state index contributed by atoms with van der Waals surface area (Å²) in [5.41, 5.74) is 11.7. The van der Waals surface area contributed by atoms with Crippen LogP contribution in [0.5, 0.6) is 0 Å². The molecular weight excluding hydrogens is 422 g/mol. The molecule has 0 saturated heterocycles. The lowest BCUT2D eigenvalue weighted by atomic mass is 10.1. The number of hydrogen-bond acceptors (Lipinski definition) is 7. The highest BCUT2D eigenvalue weighted by molar-refractivity contribution is 5.93. The van der Waals surface area contributed by atoms with Crippen molar-refractivity contribution >= 4 is 29.6 Å². The lowest BCUT2D eigenvalue weighted by Gasteiger charge is -2.23. The van der Waals surface area contributed by atoms with Crippen molar-refractivity contribution in [1.29, 1.82) is 0 Å². The molecule has 1 rings (SSSR count). The van der Waals surface area contributed by atoms with Crippen LogP contribution in [-0.2, 0) is 30.4 Å². The molecule has 0 aliphatic rings. The molecule has 12 heteroatoms. The van der Waals surface area contributed by atoms with Gasteiger partial charge in [-0.1, -0.05) is 30.3 Å². The van der Waals surface area contributed by atoms with Crippen molar-refractivity contribution in [2.75, 3.05) is 6.54 Å². The first kappa shape index (κ1) is 26.5. The summed E-state index contributed by atoms with van der Waals surface area (Å²) < 4.78 is 0. The Kier molecular flexibility index (Phi) is 10.8. The Balaban J connectivity index is 2.60. The lowest BCUT2D eigenvalue weighted by molar-refractivity contribution is -0.143. The van der Waals surface area contributed by atoms with E-state index in [9.17, 15) is 29.1 Å². The summed E-state index contributed by atoms with van der Waals surface area (Å²) >= 11 is 0. The lowest BCUT2D eigenvalue weighted by Crippen LogP contribution is -2.57. The van der Waals surface area contributed by atoms with E-state index in [0.717, 1.165) is 5.56 Å². The molecule has 4 unspecified atom stereocenters. The minimum atomic E-state index is -1.49. The molecule has 9 N–H and O–H groups in total. The summed E-state index contributed by atoms with van der Waals surface area (Å²) in [6.07, 6.45) is -1.65. The van der Waals surface area contributed by atoms with E-state index < -0.39 is 60.4 Å². The molecule has 0 aromatic heterocycles. The Bertz CT molecular complexity index is 816. The summed E-state index contributed by atoms with van der Waals surface area (Å²) in [6.45, 7) is 0.708. The van der Waals surface area contributed by atoms with E-state index >= 15 is 0 Å². The molecule has 0 bridgehead atoms. The number of aliphatic hydroxyl groups excluding tert-OH is 1. The van der Waals surface area contributed by atoms with Crippen molar-refractivity contribution in [3.8, 4) is 0 Å². The number of primary amides is 1. The number of nitrogens with two attached hydrogens (primary N) is 2. The van der Waals surface area contributed by atoms with Crippen molar-refractivity contribution in [2.45, 2.75) is 50.4 Å². The van der Waals surface area contributed by atoms with Crippen LogP contribution in [0.4, 0.5) is 0 Å². The van der Waals surface area contributed by atoms with Gasteiger partial charge in [-0.15, -0.1) is 0 Å². The Morgan fingerprint density at radius 1 is 1.03 bits per heavy atom. The van der Waals surface area contributed by atoms with Crippen LogP contribution in [0.2, 0.25) is 0 Å². The molecule has 0 aliphatic heterocycles. The highest BCUT2D eigenvalue weighted by Gasteiger charge is 2.30. The Hall–Kier alpha value is -3.51. The molecule has 32 heavy (non-hydrogen) atoms. The van der Waals surface area contributed by atoms with Crippen LogP contribution in [0.15, 0.2) is 30.3 Å². The molecule has 12 nitrogen and oxygen atoms in total. The van der Waals surface area contributed by atoms with E-state index in [0.29, 0.717) is 0 Å². The molecule has 0 spiro atoms. The number of aliphatic hydroxyl groups is 1. The quantitative estimate of drug-likeness (QED) is 0.168. The van der Waals surface area contributed by atoms with Crippen LogP contribution < -0.4 is 27.4 Å². The van der Waals surface area contributed by atoms with Gasteiger partial charge in [0.1, 0.15) is 12.1 Å². The van der Waals surface area contributed by atoms with Crippen molar-refractivity contribution in [3.63, 3.8) is 0 Å². The summed E-state index contributed by atoms with van der Waals surface area (Å²) in [5.74, 6) is -4.51. The van der Waals surface area contributed by atoms with Gasteiger partial charge in [-0.3, -0.25) is 19.2 Å². The van der Waals surface area contributed by atoms with Gasteiger partial charge in [0.15, 0.2) is 0 Å². The third-order valence-corrected chi connectivity index (χ3v) is 4.43. The zero-order valence-corrected chi connectivity index (χ0v) is 17.6. The average molecular weight is 451 g/mol. The fourth-order valence-corrected chi connectivity index (χ4v) is 2.69. The average Bonchev–Trinajstić information content (AvgIpc) is 2.73. The third kappa shape index (κ3) is 9.53. The van der Waals surface area contributed by atoms with Crippen LogP contribution in [0.25, 0.3) is 0 Å². The van der Waals surface area contributed by atoms with Crippen LogP contribution in [-0.4, -0.2) is 70.6 Å². The predicted octanol–water partition coefficient (Wildman–Crippen LogP) is -2.63.